The van der Waals surface area contributed by atoms with E-state index in [4.69, 9.17) is 0 Å². The normalized spacial score (nSPS) is 10.5. The Morgan fingerprint density at radius 3 is 2.76 bits per heavy atom. The predicted molar refractivity (Wildman–Crippen MR) is 67.2 cm³/mol. The lowest BCUT2D eigenvalue weighted by Crippen LogP contribution is -2.28. The first-order chi connectivity index (χ1) is 8.17. The van der Waals surface area contributed by atoms with Crippen molar-refractivity contribution in [3.05, 3.63) is 28.4 Å². The van der Waals surface area contributed by atoms with E-state index in [1.54, 1.807) is 0 Å². The highest BCUT2D eigenvalue weighted by molar-refractivity contribution is 5.44. The first-order valence-electron chi connectivity index (χ1n) is 5.74. The van der Waals surface area contributed by atoms with E-state index in [-0.39, 0.29) is 5.69 Å². The van der Waals surface area contributed by atoms with Gasteiger partial charge in [-0.3, -0.25) is 10.1 Å². The largest absolute Gasteiger partial charge is 0.369 e. The standard InChI is InChI=1S/C11H18N4O2/c1-3-14(4-2)8-7-13-11-9-10(15(16)17)5-6-12-11/h5-6,9H,3-4,7-8H2,1-2H3,(H,12,13). The molecular formula is C11H18N4O2. The van der Waals surface area contributed by atoms with E-state index in [1.807, 2.05) is 0 Å². The van der Waals surface area contributed by atoms with E-state index >= 15 is 0 Å². The van der Waals surface area contributed by atoms with Gasteiger partial charge in [-0.15, -0.1) is 0 Å². The SMILES string of the molecule is CCN(CC)CCNc1cc([N+](=O)[O-])ccn1. The minimum absolute atomic E-state index is 0.0605. The Morgan fingerprint density at radius 2 is 2.18 bits per heavy atom. The van der Waals surface area contributed by atoms with Gasteiger partial charge in [0.25, 0.3) is 5.69 Å². The molecule has 1 heterocycles. The van der Waals surface area contributed by atoms with Crippen molar-refractivity contribution < 1.29 is 4.92 Å². The second kappa shape index (κ2) is 6.80. The second-order valence-electron chi connectivity index (χ2n) is 3.61. The Balaban J connectivity index is 2.46. The van der Waals surface area contributed by atoms with Gasteiger partial charge < -0.3 is 10.2 Å². The molecule has 0 unspecified atom stereocenters. The average Bonchev–Trinajstić information content (AvgIpc) is 2.35. The zero-order valence-corrected chi connectivity index (χ0v) is 10.2. The van der Waals surface area contributed by atoms with Crippen LogP contribution in [0.25, 0.3) is 0 Å². The zero-order chi connectivity index (χ0) is 12.7. The molecule has 0 saturated heterocycles. The molecule has 0 spiro atoms. The molecule has 0 amide bonds. The summed E-state index contributed by atoms with van der Waals surface area (Å²) in [6.45, 7) is 7.85. The third kappa shape index (κ3) is 4.36. The van der Waals surface area contributed by atoms with Gasteiger partial charge in [-0.2, -0.15) is 0 Å². The second-order valence-corrected chi connectivity index (χ2v) is 3.61. The number of hydrogen-bond donors (Lipinski definition) is 1. The Bertz CT molecular complexity index is 366. The van der Waals surface area contributed by atoms with Gasteiger partial charge >= 0.3 is 0 Å². The lowest BCUT2D eigenvalue weighted by molar-refractivity contribution is -0.384. The van der Waals surface area contributed by atoms with Gasteiger partial charge in [-0.1, -0.05) is 13.8 Å². The Morgan fingerprint density at radius 1 is 1.47 bits per heavy atom. The Labute approximate surface area is 101 Å². The Kier molecular flexibility index (Phi) is 5.35. The molecule has 0 atom stereocenters. The van der Waals surface area contributed by atoms with Gasteiger partial charge in [0, 0.05) is 25.4 Å². The number of hydrogen-bond acceptors (Lipinski definition) is 5. The highest BCUT2D eigenvalue weighted by Crippen LogP contribution is 2.13. The fourth-order valence-corrected chi connectivity index (χ4v) is 1.51. The number of nitrogens with one attached hydrogen (secondary N) is 1. The number of anilines is 1. The van der Waals surface area contributed by atoms with Crippen LogP contribution >= 0.6 is 0 Å². The van der Waals surface area contributed by atoms with Crippen LogP contribution in [0.2, 0.25) is 0 Å². The molecule has 0 aliphatic carbocycles. The summed E-state index contributed by atoms with van der Waals surface area (Å²) < 4.78 is 0. The van der Waals surface area contributed by atoms with E-state index < -0.39 is 4.92 Å². The average molecular weight is 238 g/mol. The van der Waals surface area contributed by atoms with Crippen LogP contribution < -0.4 is 5.32 Å². The lowest BCUT2D eigenvalue weighted by Gasteiger charge is -2.18. The maximum Gasteiger partial charge on any atom is 0.274 e. The predicted octanol–water partition coefficient (Wildman–Crippen LogP) is 1.74. The molecule has 0 aliphatic rings. The molecule has 1 aromatic rings. The fourth-order valence-electron chi connectivity index (χ4n) is 1.51. The maximum absolute atomic E-state index is 10.6. The molecule has 1 rings (SSSR count). The highest BCUT2D eigenvalue weighted by Gasteiger charge is 2.06. The molecule has 0 saturated carbocycles. The molecule has 6 heteroatoms. The first kappa shape index (κ1) is 13.4. The summed E-state index contributed by atoms with van der Waals surface area (Å²) in [5.74, 6) is 0.548. The maximum atomic E-state index is 10.6. The van der Waals surface area contributed by atoms with Crippen molar-refractivity contribution in [2.45, 2.75) is 13.8 Å². The van der Waals surface area contributed by atoms with Crippen molar-refractivity contribution in [1.82, 2.24) is 9.88 Å². The van der Waals surface area contributed by atoms with Gasteiger partial charge in [-0.25, -0.2) is 4.98 Å². The van der Waals surface area contributed by atoms with E-state index in [0.717, 1.165) is 26.2 Å². The van der Waals surface area contributed by atoms with Crippen LogP contribution in [0.5, 0.6) is 0 Å². The van der Waals surface area contributed by atoms with Gasteiger partial charge in [0.15, 0.2) is 0 Å². The van der Waals surface area contributed by atoms with E-state index in [1.165, 1.54) is 18.3 Å². The minimum Gasteiger partial charge on any atom is -0.369 e. The molecule has 6 nitrogen and oxygen atoms in total. The quantitative estimate of drug-likeness (QED) is 0.578. The third-order valence-corrected chi connectivity index (χ3v) is 2.58. The fraction of sp³-hybridized carbons (Fsp3) is 0.545. The molecular weight excluding hydrogens is 220 g/mol. The van der Waals surface area contributed by atoms with Crippen LogP contribution in [0, 0.1) is 10.1 Å². The number of nitrogens with zero attached hydrogens (tertiary/aromatic N) is 3. The van der Waals surface area contributed by atoms with Gasteiger partial charge in [0.1, 0.15) is 5.82 Å². The molecule has 0 fully saturated rings. The summed E-state index contributed by atoms with van der Waals surface area (Å²) in [6, 6.07) is 2.83. The minimum atomic E-state index is -0.419. The van der Waals surface area contributed by atoms with Crippen LogP contribution in [0.4, 0.5) is 11.5 Å². The third-order valence-electron chi connectivity index (χ3n) is 2.58. The lowest BCUT2D eigenvalue weighted by atomic mass is 10.4. The molecule has 1 N–H and O–H groups in total. The first-order valence-corrected chi connectivity index (χ1v) is 5.74. The van der Waals surface area contributed by atoms with Crippen LogP contribution in [0.15, 0.2) is 18.3 Å². The summed E-state index contributed by atoms with van der Waals surface area (Å²) in [5, 5.41) is 13.7. The summed E-state index contributed by atoms with van der Waals surface area (Å²) >= 11 is 0. The highest BCUT2D eigenvalue weighted by atomic mass is 16.6. The summed E-state index contributed by atoms with van der Waals surface area (Å²) in [7, 11) is 0. The van der Waals surface area contributed by atoms with Gasteiger partial charge in [0.05, 0.1) is 11.0 Å². The molecule has 94 valence electrons. The Hall–Kier alpha value is -1.69. The van der Waals surface area contributed by atoms with E-state index in [2.05, 4.69) is 29.0 Å². The molecule has 17 heavy (non-hydrogen) atoms. The van der Waals surface area contributed by atoms with Crippen LogP contribution in [-0.2, 0) is 0 Å². The van der Waals surface area contributed by atoms with Gasteiger partial charge in [-0.05, 0) is 13.1 Å². The summed E-state index contributed by atoms with van der Waals surface area (Å²) in [4.78, 5) is 16.5. The van der Waals surface area contributed by atoms with Crippen molar-refractivity contribution in [1.29, 1.82) is 0 Å². The van der Waals surface area contributed by atoms with Crippen molar-refractivity contribution in [3.63, 3.8) is 0 Å². The van der Waals surface area contributed by atoms with Crippen molar-refractivity contribution in [3.8, 4) is 0 Å². The number of aromatic nitrogens is 1. The topological polar surface area (TPSA) is 71.3 Å². The molecule has 0 radical (unpaired) electrons. The number of nitro groups is 1. The molecule has 0 bridgehead atoms. The van der Waals surface area contributed by atoms with Crippen LogP contribution in [0.3, 0.4) is 0 Å². The van der Waals surface area contributed by atoms with Crippen molar-refractivity contribution >= 4 is 11.5 Å². The molecule has 0 aliphatic heterocycles. The van der Waals surface area contributed by atoms with E-state index in [0.29, 0.717) is 5.82 Å². The van der Waals surface area contributed by atoms with Crippen LogP contribution in [-0.4, -0.2) is 41.0 Å². The summed E-state index contributed by atoms with van der Waals surface area (Å²) in [6.07, 6.45) is 1.44. The number of pyridine rings is 1. The monoisotopic (exact) mass is 238 g/mol. The van der Waals surface area contributed by atoms with E-state index in [9.17, 15) is 10.1 Å². The van der Waals surface area contributed by atoms with Gasteiger partial charge in [0.2, 0.25) is 0 Å². The molecule has 1 aromatic heterocycles. The number of likely N-dealkylation sites (N-methyl/N-ethyl adjacent to an activating group) is 1. The van der Waals surface area contributed by atoms with Crippen molar-refractivity contribution in [2.75, 3.05) is 31.5 Å². The zero-order valence-electron chi connectivity index (χ0n) is 10.2. The summed E-state index contributed by atoms with van der Waals surface area (Å²) in [5.41, 5.74) is 0.0605. The molecule has 0 aromatic carbocycles. The number of rotatable bonds is 7. The van der Waals surface area contributed by atoms with Crippen LogP contribution in [0.1, 0.15) is 13.8 Å². The van der Waals surface area contributed by atoms with Crippen molar-refractivity contribution in [2.24, 2.45) is 0 Å². The smallest absolute Gasteiger partial charge is 0.274 e.